The molecule has 10 nitrogen and oxygen atoms in total. The third-order valence-corrected chi connectivity index (χ3v) is 9.41. The van der Waals surface area contributed by atoms with Crippen LogP contribution < -0.4 is 20.5 Å². The number of rotatable bonds is 12. The molecule has 0 bridgehead atoms. The second kappa shape index (κ2) is 15.5. The number of aryl methyl sites for hydroxylation is 1. The lowest BCUT2D eigenvalue weighted by Gasteiger charge is -2.31. The summed E-state index contributed by atoms with van der Waals surface area (Å²) >= 11 is 0. The van der Waals surface area contributed by atoms with Crippen molar-refractivity contribution in [3.05, 3.63) is 94.9 Å². The van der Waals surface area contributed by atoms with Gasteiger partial charge in [-0.1, -0.05) is 59.1 Å². The van der Waals surface area contributed by atoms with Gasteiger partial charge in [0.2, 0.25) is 0 Å². The number of H-pyrrole nitrogens is 1. The van der Waals surface area contributed by atoms with Gasteiger partial charge in [-0.15, -0.1) is 0 Å². The Bertz CT molecular complexity index is 1900. The van der Waals surface area contributed by atoms with Crippen molar-refractivity contribution in [1.82, 2.24) is 24.7 Å². The van der Waals surface area contributed by atoms with Gasteiger partial charge in [0.05, 0.1) is 6.61 Å². The Balaban J connectivity index is 1.30. The maximum Gasteiger partial charge on any atom is 0.326 e. The molecule has 10 heteroatoms. The van der Waals surface area contributed by atoms with Crippen molar-refractivity contribution in [2.45, 2.75) is 84.6 Å². The summed E-state index contributed by atoms with van der Waals surface area (Å²) < 4.78 is 7.91. The van der Waals surface area contributed by atoms with Gasteiger partial charge < -0.3 is 15.0 Å². The Hall–Kier alpha value is -4.99. The Morgan fingerprint density at radius 2 is 1.78 bits per heavy atom. The molecule has 0 atom stereocenters. The van der Waals surface area contributed by atoms with E-state index in [-0.39, 0.29) is 23.4 Å². The molecule has 5 aromatic rings. The van der Waals surface area contributed by atoms with E-state index in [0.717, 1.165) is 77.7 Å². The minimum absolute atomic E-state index is 0.130. The second-order valence-corrected chi connectivity index (χ2v) is 13.7. The maximum absolute atomic E-state index is 14.4. The average molecular weight is 662 g/mol. The second-order valence-electron chi connectivity index (χ2n) is 13.7. The summed E-state index contributed by atoms with van der Waals surface area (Å²) in [7, 11) is 0. The van der Waals surface area contributed by atoms with Crippen molar-refractivity contribution in [1.29, 1.82) is 0 Å². The summed E-state index contributed by atoms with van der Waals surface area (Å²) in [5, 5.41) is 8.26. The van der Waals surface area contributed by atoms with Gasteiger partial charge in [-0.05, 0) is 95.3 Å². The summed E-state index contributed by atoms with van der Waals surface area (Å²) in [6.45, 7) is 10.4. The van der Waals surface area contributed by atoms with Crippen molar-refractivity contribution in [2.75, 3.05) is 23.4 Å². The van der Waals surface area contributed by atoms with Gasteiger partial charge >= 0.3 is 6.03 Å². The SMILES string of the molecule is CC(C)c1cc(-c2cccc(OCCCn3cncn3)c2)cc(C(C)C)c1NC(=O)N(CC1CCCCC1)c1cc2cccnc2[nH]c1=O. The van der Waals surface area contributed by atoms with Gasteiger partial charge in [-0.25, -0.2) is 14.8 Å². The normalized spacial score (nSPS) is 13.7. The molecular weight excluding hydrogens is 614 g/mol. The Labute approximate surface area is 287 Å². The fourth-order valence-electron chi connectivity index (χ4n) is 6.76. The first-order valence-electron chi connectivity index (χ1n) is 17.6. The zero-order valence-corrected chi connectivity index (χ0v) is 29.0. The standard InChI is InChI=1S/C39H47N7O3/c1-26(2)33-20-31(29-13-8-15-32(19-29)49-18-10-17-45-25-40-24-42-45)21-34(27(3)4)36(33)43-39(48)46(23-28-11-6-5-7-12-28)35-22-30-14-9-16-41-37(30)44-38(35)47/h8-9,13-16,19-22,24-28H,5-7,10-12,17-18,23H2,1-4H3,(H,43,48)(H,41,44,47). The molecule has 0 spiro atoms. The first-order chi connectivity index (χ1) is 23.8. The van der Waals surface area contributed by atoms with Crippen LogP contribution in [0.15, 0.2) is 78.2 Å². The lowest BCUT2D eigenvalue weighted by Crippen LogP contribution is -2.42. The Morgan fingerprint density at radius 3 is 2.49 bits per heavy atom. The zero-order valence-electron chi connectivity index (χ0n) is 29.0. The van der Waals surface area contributed by atoms with Crippen molar-refractivity contribution in [3.63, 3.8) is 0 Å². The Kier molecular flexibility index (Phi) is 10.7. The van der Waals surface area contributed by atoms with Crippen LogP contribution in [0.25, 0.3) is 22.2 Å². The quantitative estimate of drug-likeness (QED) is 0.129. The predicted molar refractivity (Wildman–Crippen MR) is 195 cm³/mol. The molecular formula is C39H47N7O3. The van der Waals surface area contributed by atoms with E-state index in [1.54, 1.807) is 28.2 Å². The van der Waals surface area contributed by atoms with Gasteiger partial charge in [0.15, 0.2) is 0 Å². The molecule has 3 aromatic heterocycles. The van der Waals surface area contributed by atoms with Crippen LogP contribution >= 0.6 is 0 Å². The fourth-order valence-corrected chi connectivity index (χ4v) is 6.76. The largest absolute Gasteiger partial charge is 0.494 e. The zero-order chi connectivity index (χ0) is 34.3. The average Bonchev–Trinajstić information content (AvgIpc) is 3.63. The van der Waals surface area contributed by atoms with Crippen LogP contribution in [-0.4, -0.2) is 43.9 Å². The molecule has 2 amide bonds. The van der Waals surface area contributed by atoms with Crippen LogP contribution in [-0.2, 0) is 6.54 Å². The molecule has 1 aliphatic rings. The molecule has 0 radical (unpaired) electrons. The molecule has 1 aliphatic carbocycles. The first kappa shape index (κ1) is 33.9. The highest BCUT2D eigenvalue weighted by Crippen LogP contribution is 2.38. The lowest BCUT2D eigenvalue weighted by atomic mass is 9.88. The molecule has 49 heavy (non-hydrogen) atoms. The van der Waals surface area contributed by atoms with Crippen LogP contribution in [0.1, 0.15) is 89.2 Å². The van der Waals surface area contributed by atoms with Gasteiger partial charge in [0, 0.05) is 36.8 Å². The molecule has 0 unspecified atom stereocenters. The van der Waals surface area contributed by atoms with Gasteiger partial charge in [0.1, 0.15) is 29.7 Å². The molecule has 3 heterocycles. The number of nitrogens with zero attached hydrogens (tertiary/aromatic N) is 5. The van der Waals surface area contributed by atoms with E-state index < -0.39 is 0 Å². The molecule has 2 aromatic carbocycles. The number of urea groups is 1. The van der Waals surface area contributed by atoms with E-state index in [4.69, 9.17) is 4.74 Å². The number of aromatic amines is 1. The molecule has 0 aliphatic heterocycles. The van der Waals surface area contributed by atoms with Crippen LogP contribution in [0.5, 0.6) is 5.75 Å². The summed E-state index contributed by atoms with van der Waals surface area (Å²) in [6, 6.07) is 17.8. The number of hydrogen-bond acceptors (Lipinski definition) is 6. The number of anilines is 2. The van der Waals surface area contributed by atoms with Crippen LogP contribution in [0.2, 0.25) is 0 Å². The fraction of sp³-hybridized carbons (Fsp3) is 0.410. The molecule has 256 valence electrons. The van der Waals surface area contributed by atoms with E-state index in [9.17, 15) is 9.59 Å². The van der Waals surface area contributed by atoms with E-state index in [1.807, 2.05) is 24.3 Å². The van der Waals surface area contributed by atoms with E-state index >= 15 is 0 Å². The van der Waals surface area contributed by atoms with Gasteiger partial charge in [0.25, 0.3) is 5.56 Å². The van der Waals surface area contributed by atoms with Crippen LogP contribution in [0, 0.1) is 5.92 Å². The van der Waals surface area contributed by atoms with Crippen molar-refractivity contribution in [3.8, 4) is 16.9 Å². The number of carbonyl (C=O) groups excluding carboxylic acids is 1. The molecule has 1 fully saturated rings. The minimum Gasteiger partial charge on any atom is -0.494 e. The smallest absolute Gasteiger partial charge is 0.326 e. The highest BCUT2D eigenvalue weighted by Gasteiger charge is 2.27. The first-order valence-corrected chi connectivity index (χ1v) is 17.6. The highest BCUT2D eigenvalue weighted by molar-refractivity contribution is 6.03. The number of aromatic nitrogens is 5. The van der Waals surface area contributed by atoms with Crippen LogP contribution in [0.3, 0.4) is 0 Å². The predicted octanol–water partition coefficient (Wildman–Crippen LogP) is 8.52. The third kappa shape index (κ3) is 8.18. The summed E-state index contributed by atoms with van der Waals surface area (Å²) in [6.07, 6.45) is 11.3. The number of hydrogen-bond donors (Lipinski definition) is 2. The van der Waals surface area contributed by atoms with Crippen molar-refractivity contribution >= 4 is 28.4 Å². The lowest BCUT2D eigenvalue weighted by molar-refractivity contribution is 0.254. The number of ether oxygens (including phenoxy) is 1. The minimum atomic E-state index is -0.318. The van der Waals surface area contributed by atoms with Crippen molar-refractivity contribution < 1.29 is 9.53 Å². The molecule has 0 saturated heterocycles. The van der Waals surface area contributed by atoms with Crippen LogP contribution in [0.4, 0.5) is 16.2 Å². The maximum atomic E-state index is 14.4. The summed E-state index contributed by atoms with van der Waals surface area (Å²) in [5.41, 5.74) is 5.55. The van der Waals surface area contributed by atoms with E-state index in [1.165, 1.54) is 12.7 Å². The summed E-state index contributed by atoms with van der Waals surface area (Å²) in [5.74, 6) is 1.40. The van der Waals surface area contributed by atoms with Gasteiger partial charge in [-0.2, -0.15) is 5.10 Å². The van der Waals surface area contributed by atoms with Gasteiger partial charge in [-0.3, -0.25) is 14.4 Å². The number of carbonyl (C=O) groups is 1. The number of pyridine rings is 2. The topological polar surface area (TPSA) is 118 Å². The third-order valence-electron chi connectivity index (χ3n) is 9.41. The summed E-state index contributed by atoms with van der Waals surface area (Å²) in [4.78, 5) is 40.8. The number of fused-ring (bicyclic) bond motifs is 1. The molecule has 2 N–H and O–H groups in total. The van der Waals surface area contributed by atoms with Crippen molar-refractivity contribution in [2.24, 2.45) is 5.92 Å². The number of benzene rings is 2. The number of nitrogens with one attached hydrogen (secondary N) is 2. The van der Waals surface area contributed by atoms with E-state index in [0.29, 0.717) is 30.4 Å². The highest BCUT2D eigenvalue weighted by atomic mass is 16.5. The Morgan fingerprint density at radius 1 is 1.00 bits per heavy atom. The van der Waals surface area contributed by atoms with E-state index in [2.05, 4.69) is 77.3 Å². The molecule has 6 rings (SSSR count). The molecule has 1 saturated carbocycles. The number of amides is 2. The monoisotopic (exact) mass is 661 g/mol.